The van der Waals surface area contributed by atoms with E-state index in [0.29, 0.717) is 23.4 Å². The zero-order valence-electron chi connectivity index (χ0n) is 14.5. The average molecular weight is 402 g/mol. The van der Waals surface area contributed by atoms with Gasteiger partial charge in [-0.2, -0.15) is 0 Å². The predicted octanol–water partition coefficient (Wildman–Crippen LogP) is 4.07. The summed E-state index contributed by atoms with van der Waals surface area (Å²) in [5.41, 5.74) is 2.53. The molecule has 1 aliphatic heterocycles. The second-order valence-electron chi connectivity index (χ2n) is 5.98. The van der Waals surface area contributed by atoms with Gasteiger partial charge in [0.1, 0.15) is 19.5 Å². The van der Waals surface area contributed by atoms with Gasteiger partial charge in [-0.15, -0.1) is 0 Å². The molecule has 0 atom stereocenters. The third-order valence-electron chi connectivity index (χ3n) is 4.02. The molecule has 0 radical (unpaired) electrons. The van der Waals surface area contributed by atoms with Crippen LogP contribution >= 0.6 is 22.9 Å². The average Bonchev–Trinajstić information content (AvgIpc) is 3.11. The third-order valence-corrected chi connectivity index (χ3v) is 5.26. The van der Waals surface area contributed by atoms with Crippen molar-refractivity contribution in [1.29, 1.82) is 0 Å². The van der Waals surface area contributed by atoms with Gasteiger partial charge in [-0.05, 0) is 36.8 Å². The number of hydrogen-bond acceptors (Lipinski definition) is 6. The Morgan fingerprint density at radius 3 is 2.96 bits per heavy atom. The van der Waals surface area contributed by atoms with Crippen molar-refractivity contribution in [3.05, 3.63) is 64.8 Å². The van der Waals surface area contributed by atoms with Gasteiger partial charge in [-0.25, -0.2) is 4.98 Å². The van der Waals surface area contributed by atoms with Crippen LogP contribution in [0.25, 0.3) is 10.2 Å². The van der Waals surface area contributed by atoms with Gasteiger partial charge in [-0.1, -0.05) is 29.0 Å². The van der Waals surface area contributed by atoms with Crippen molar-refractivity contribution < 1.29 is 14.3 Å². The standard InChI is InChI=1S/C19H16ClN3O3S/c1-12-8-13(20)9-16-17(12)22-19(27-16)23(10-14-4-2-3-5-21-14)18(24)15-11-25-6-7-26-15/h2-5,8-9,11H,6-7,10H2,1H3. The molecule has 0 saturated carbocycles. The van der Waals surface area contributed by atoms with Crippen LogP contribution in [0.3, 0.4) is 0 Å². The first kappa shape index (κ1) is 17.8. The Hall–Kier alpha value is -2.64. The Bertz CT molecular complexity index is 1020. The summed E-state index contributed by atoms with van der Waals surface area (Å²) >= 11 is 7.57. The van der Waals surface area contributed by atoms with E-state index in [2.05, 4.69) is 9.97 Å². The first-order valence-corrected chi connectivity index (χ1v) is 9.54. The highest BCUT2D eigenvalue weighted by Gasteiger charge is 2.27. The molecule has 0 aliphatic carbocycles. The molecule has 138 valence electrons. The van der Waals surface area contributed by atoms with Crippen LogP contribution in [0.2, 0.25) is 5.02 Å². The van der Waals surface area contributed by atoms with E-state index < -0.39 is 0 Å². The van der Waals surface area contributed by atoms with Crippen LogP contribution in [0.1, 0.15) is 11.3 Å². The van der Waals surface area contributed by atoms with Crippen molar-refractivity contribution in [2.75, 3.05) is 18.1 Å². The van der Waals surface area contributed by atoms with Gasteiger partial charge in [0.2, 0.25) is 5.76 Å². The number of halogens is 1. The lowest BCUT2D eigenvalue weighted by atomic mass is 10.2. The first-order valence-electron chi connectivity index (χ1n) is 8.35. The number of ether oxygens (including phenoxy) is 2. The number of aromatic nitrogens is 2. The van der Waals surface area contributed by atoms with Crippen LogP contribution in [-0.4, -0.2) is 29.1 Å². The summed E-state index contributed by atoms with van der Waals surface area (Å²) in [7, 11) is 0. The lowest BCUT2D eigenvalue weighted by molar-refractivity contribution is -0.120. The summed E-state index contributed by atoms with van der Waals surface area (Å²) in [6.07, 6.45) is 3.05. The van der Waals surface area contributed by atoms with E-state index >= 15 is 0 Å². The highest BCUT2D eigenvalue weighted by Crippen LogP contribution is 2.34. The minimum Gasteiger partial charge on any atom is -0.494 e. The van der Waals surface area contributed by atoms with Crippen LogP contribution in [0.5, 0.6) is 0 Å². The quantitative estimate of drug-likeness (QED) is 0.659. The molecule has 1 aliphatic rings. The van der Waals surface area contributed by atoms with Crippen molar-refractivity contribution in [2.24, 2.45) is 0 Å². The molecule has 2 aromatic heterocycles. The molecular weight excluding hydrogens is 386 g/mol. The van der Waals surface area contributed by atoms with E-state index in [1.54, 1.807) is 11.1 Å². The smallest absolute Gasteiger partial charge is 0.298 e. The number of pyridine rings is 1. The highest BCUT2D eigenvalue weighted by atomic mass is 35.5. The maximum absolute atomic E-state index is 13.1. The fourth-order valence-corrected chi connectivity index (χ4v) is 4.17. The van der Waals surface area contributed by atoms with Crippen LogP contribution in [0.4, 0.5) is 5.13 Å². The van der Waals surface area contributed by atoms with Gasteiger partial charge in [0.05, 0.1) is 22.5 Å². The van der Waals surface area contributed by atoms with E-state index in [9.17, 15) is 4.79 Å². The van der Waals surface area contributed by atoms with Gasteiger partial charge in [0.25, 0.3) is 5.91 Å². The molecule has 1 amide bonds. The predicted molar refractivity (Wildman–Crippen MR) is 105 cm³/mol. The number of carbonyl (C=O) groups is 1. The van der Waals surface area contributed by atoms with E-state index in [-0.39, 0.29) is 18.2 Å². The zero-order valence-corrected chi connectivity index (χ0v) is 16.1. The zero-order chi connectivity index (χ0) is 18.8. The van der Waals surface area contributed by atoms with Gasteiger partial charge in [-0.3, -0.25) is 14.7 Å². The number of nitrogens with zero attached hydrogens (tertiary/aromatic N) is 3. The summed E-state index contributed by atoms with van der Waals surface area (Å²) in [4.78, 5) is 23.7. The van der Waals surface area contributed by atoms with Gasteiger partial charge in [0, 0.05) is 11.2 Å². The van der Waals surface area contributed by atoms with Crippen molar-refractivity contribution in [1.82, 2.24) is 9.97 Å². The Balaban J connectivity index is 1.76. The number of amides is 1. The fourth-order valence-electron chi connectivity index (χ4n) is 2.75. The summed E-state index contributed by atoms with van der Waals surface area (Å²) in [6.45, 7) is 2.98. The molecule has 8 heteroatoms. The number of anilines is 1. The molecule has 0 spiro atoms. The summed E-state index contributed by atoms with van der Waals surface area (Å²) < 4.78 is 11.6. The van der Waals surface area contributed by atoms with Crippen LogP contribution in [-0.2, 0) is 20.8 Å². The minimum absolute atomic E-state index is 0.159. The van der Waals surface area contributed by atoms with E-state index in [4.69, 9.17) is 21.1 Å². The van der Waals surface area contributed by atoms with Crippen molar-refractivity contribution in [2.45, 2.75) is 13.5 Å². The topological polar surface area (TPSA) is 64.6 Å². The molecule has 4 rings (SSSR count). The number of fused-ring (bicyclic) bond motifs is 1. The molecule has 27 heavy (non-hydrogen) atoms. The number of hydrogen-bond donors (Lipinski definition) is 0. The molecule has 6 nitrogen and oxygen atoms in total. The van der Waals surface area contributed by atoms with Crippen LogP contribution < -0.4 is 4.90 Å². The fraction of sp³-hybridized carbons (Fsp3) is 0.211. The largest absolute Gasteiger partial charge is 0.494 e. The number of thiazole rings is 1. The molecule has 0 N–H and O–H groups in total. The lowest BCUT2D eigenvalue weighted by Crippen LogP contribution is -2.34. The lowest BCUT2D eigenvalue weighted by Gasteiger charge is -2.22. The van der Waals surface area contributed by atoms with Crippen molar-refractivity contribution in [3.63, 3.8) is 0 Å². The molecule has 1 aromatic carbocycles. The SMILES string of the molecule is Cc1cc(Cl)cc2sc(N(Cc3ccccn3)C(=O)C3=COCCO3)nc12. The normalized spacial score (nSPS) is 13.6. The Morgan fingerprint density at radius 1 is 1.33 bits per heavy atom. The van der Waals surface area contributed by atoms with E-state index in [0.717, 1.165) is 21.5 Å². The first-order chi connectivity index (χ1) is 13.1. The van der Waals surface area contributed by atoms with Gasteiger partial charge >= 0.3 is 0 Å². The highest BCUT2D eigenvalue weighted by molar-refractivity contribution is 7.22. The van der Waals surface area contributed by atoms with Crippen LogP contribution in [0, 0.1) is 6.92 Å². The van der Waals surface area contributed by atoms with E-state index in [1.165, 1.54) is 17.6 Å². The summed E-state index contributed by atoms with van der Waals surface area (Å²) in [5.74, 6) is -0.158. The molecular formula is C19H16ClN3O3S. The number of benzene rings is 1. The van der Waals surface area contributed by atoms with Crippen LogP contribution in [0.15, 0.2) is 48.5 Å². The van der Waals surface area contributed by atoms with Crippen molar-refractivity contribution >= 4 is 44.2 Å². The maximum Gasteiger partial charge on any atom is 0.298 e. The van der Waals surface area contributed by atoms with E-state index in [1.807, 2.05) is 37.3 Å². The van der Waals surface area contributed by atoms with Gasteiger partial charge in [0.15, 0.2) is 5.13 Å². The minimum atomic E-state index is -0.317. The molecule has 0 fully saturated rings. The molecule has 0 saturated heterocycles. The molecule has 0 unspecified atom stereocenters. The second kappa shape index (κ2) is 7.54. The molecule has 3 heterocycles. The Kier molecular flexibility index (Phi) is 4.96. The molecule has 0 bridgehead atoms. The number of rotatable bonds is 4. The number of carbonyl (C=O) groups excluding carboxylic acids is 1. The summed E-state index contributed by atoms with van der Waals surface area (Å²) in [5, 5.41) is 1.20. The Morgan fingerprint density at radius 2 is 2.22 bits per heavy atom. The molecule has 3 aromatic rings. The monoisotopic (exact) mass is 401 g/mol. The Labute approximate surface area is 165 Å². The van der Waals surface area contributed by atoms with Gasteiger partial charge < -0.3 is 9.47 Å². The second-order valence-corrected chi connectivity index (χ2v) is 7.43. The van der Waals surface area contributed by atoms with Crippen molar-refractivity contribution in [3.8, 4) is 0 Å². The maximum atomic E-state index is 13.1. The summed E-state index contributed by atoms with van der Waals surface area (Å²) in [6, 6.07) is 9.29. The number of aryl methyl sites for hydroxylation is 1. The third kappa shape index (κ3) is 3.74.